The molecule has 0 radical (unpaired) electrons. The second-order valence-corrected chi connectivity index (χ2v) is 7.38. The molecule has 0 amide bonds. The van der Waals surface area contributed by atoms with Gasteiger partial charge in [0.1, 0.15) is 0 Å². The monoisotopic (exact) mass is 202 g/mol. The van der Waals surface area contributed by atoms with E-state index >= 15 is 0 Å². The maximum Gasteiger partial charge on any atom is 0.341 e. The quantitative estimate of drug-likeness (QED) is 0.616. The van der Waals surface area contributed by atoms with Gasteiger partial charge in [0.25, 0.3) is 0 Å². The molecule has 0 N–H and O–H groups in total. The lowest BCUT2D eigenvalue weighted by Crippen LogP contribution is -2.48. The van der Waals surface area contributed by atoms with Crippen molar-refractivity contribution in [3.05, 3.63) is 0 Å². The lowest BCUT2D eigenvalue weighted by Gasteiger charge is -2.41. The SMILES string of the molecule is CCO[Si](CC)(OCC)C1CCC1. The molecular weight excluding hydrogens is 180 g/mol. The van der Waals surface area contributed by atoms with E-state index in [0.29, 0.717) is 0 Å². The Labute approximate surface area is 82.9 Å². The molecule has 1 fully saturated rings. The maximum absolute atomic E-state index is 5.94. The van der Waals surface area contributed by atoms with Crippen molar-refractivity contribution in [1.82, 2.24) is 0 Å². The third-order valence-corrected chi connectivity index (χ3v) is 7.36. The van der Waals surface area contributed by atoms with Crippen molar-refractivity contribution in [2.75, 3.05) is 13.2 Å². The summed E-state index contributed by atoms with van der Waals surface area (Å²) in [5.41, 5.74) is 0.775. The number of rotatable bonds is 6. The minimum absolute atomic E-state index is 0.775. The van der Waals surface area contributed by atoms with Crippen LogP contribution >= 0.6 is 0 Å². The van der Waals surface area contributed by atoms with Gasteiger partial charge in [-0.2, -0.15) is 0 Å². The minimum atomic E-state index is -1.79. The molecule has 0 atom stereocenters. The van der Waals surface area contributed by atoms with E-state index in [-0.39, 0.29) is 0 Å². The summed E-state index contributed by atoms with van der Waals surface area (Å²) in [6, 6.07) is 1.11. The normalized spacial score (nSPS) is 18.7. The molecular formula is C10H22O2Si. The first-order valence-corrected chi connectivity index (χ1v) is 7.67. The van der Waals surface area contributed by atoms with Gasteiger partial charge in [0.15, 0.2) is 0 Å². The summed E-state index contributed by atoms with van der Waals surface area (Å²) in [4.78, 5) is 0. The molecule has 0 aromatic carbocycles. The Bertz CT molecular complexity index is 140. The highest BCUT2D eigenvalue weighted by Gasteiger charge is 2.46. The fraction of sp³-hybridized carbons (Fsp3) is 1.00. The van der Waals surface area contributed by atoms with Gasteiger partial charge in [-0.25, -0.2) is 0 Å². The van der Waals surface area contributed by atoms with E-state index in [9.17, 15) is 0 Å². The zero-order chi connectivity index (χ0) is 9.73. The number of hydrogen-bond donors (Lipinski definition) is 0. The van der Waals surface area contributed by atoms with Crippen molar-refractivity contribution < 1.29 is 8.85 Å². The molecule has 1 aliphatic rings. The molecule has 3 heteroatoms. The fourth-order valence-corrected chi connectivity index (χ4v) is 5.91. The van der Waals surface area contributed by atoms with Crippen LogP contribution in [0.15, 0.2) is 0 Å². The molecule has 0 saturated heterocycles. The molecule has 0 bridgehead atoms. The van der Waals surface area contributed by atoms with E-state index in [4.69, 9.17) is 8.85 Å². The highest BCUT2D eigenvalue weighted by Crippen LogP contribution is 2.43. The predicted octanol–water partition coefficient (Wildman–Crippen LogP) is 3.08. The average Bonchev–Trinajstić information content (AvgIpc) is 2.02. The van der Waals surface area contributed by atoms with Gasteiger partial charge >= 0.3 is 8.56 Å². The van der Waals surface area contributed by atoms with Crippen LogP contribution in [0.25, 0.3) is 0 Å². The van der Waals surface area contributed by atoms with Crippen molar-refractivity contribution in [1.29, 1.82) is 0 Å². The first-order valence-electron chi connectivity index (χ1n) is 5.57. The zero-order valence-corrected chi connectivity index (χ0v) is 10.1. The summed E-state index contributed by atoms with van der Waals surface area (Å²) >= 11 is 0. The Morgan fingerprint density at radius 3 is 1.85 bits per heavy atom. The molecule has 0 aromatic heterocycles. The topological polar surface area (TPSA) is 18.5 Å². The Morgan fingerprint density at radius 1 is 1.08 bits per heavy atom. The molecule has 13 heavy (non-hydrogen) atoms. The Kier molecular flexibility index (Phi) is 4.42. The molecule has 0 aliphatic heterocycles. The van der Waals surface area contributed by atoms with Gasteiger partial charge in [0.05, 0.1) is 0 Å². The van der Waals surface area contributed by atoms with Crippen molar-refractivity contribution in [2.24, 2.45) is 0 Å². The molecule has 0 spiro atoms. The first kappa shape index (κ1) is 11.2. The highest BCUT2D eigenvalue weighted by atomic mass is 28.4. The van der Waals surface area contributed by atoms with Gasteiger partial charge in [0, 0.05) is 18.8 Å². The summed E-state index contributed by atoms with van der Waals surface area (Å²) in [6.45, 7) is 8.01. The van der Waals surface area contributed by atoms with Crippen molar-refractivity contribution in [3.63, 3.8) is 0 Å². The van der Waals surface area contributed by atoms with Crippen LogP contribution in [0.3, 0.4) is 0 Å². The molecule has 2 nitrogen and oxygen atoms in total. The van der Waals surface area contributed by atoms with Crippen LogP contribution in [0.5, 0.6) is 0 Å². The lowest BCUT2D eigenvalue weighted by molar-refractivity contribution is 0.159. The zero-order valence-electron chi connectivity index (χ0n) is 9.14. The van der Waals surface area contributed by atoms with E-state index in [2.05, 4.69) is 20.8 Å². The lowest BCUT2D eigenvalue weighted by atomic mass is 10.00. The van der Waals surface area contributed by atoms with Crippen LogP contribution in [-0.4, -0.2) is 21.8 Å². The van der Waals surface area contributed by atoms with Crippen LogP contribution in [0.4, 0.5) is 0 Å². The van der Waals surface area contributed by atoms with Crippen LogP contribution in [-0.2, 0) is 8.85 Å². The molecule has 1 saturated carbocycles. The summed E-state index contributed by atoms with van der Waals surface area (Å²) in [5, 5.41) is 0. The second kappa shape index (κ2) is 5.13. The minimum Gasteiger partial charge on any atom is -0.394 e. The molecule has 0 heterocycles. The Hall–Kier alpha value is 0.137. The Morgan fingerprint density at radius 2 is 1.62 bits per heavy atom. The van der Waals surface area contributed by atoms with E-state index in [1.165, 1.54) is 19.3 Å². The van der Waals surface area contributed by atoms with Gasteiger partial charge in [-0.1, -0.05) is 13.3 Å². The molecule has 1 rings (SSSR count). The third kappa shape index (κ3) is 2.33. The molecule has 1 aliphatic carbocycles. The second-order valence-electron chi connectivity index (χ2n) is 3.66. The van der Waals surface area contributed by atoms with Crippen LogP contribution in [0.2, 0.25) is 11.6 Å². The summed E-state index contributed by atoms with van der Waals surface area (Å²) in [5.74, 6) is 0. The van der Waals surface area contributed by atoms with Crippen molar-refractivity contribution >= 4 is 8.56 Å². The third-order valence-electron chi connectivity index (χ3n) is 3.00. The van der Waals surface area contributed by atoms with E-state index in [1.54, 1.807) is 0 Å². The standard InChI is InChI=1S/C10H22O2Si/c1-4-11-13(6-3,12-5-2)10-8-7-9-10/h10H,4-9H2,1-3H3. The molecule has 78 valence electrons. The van der Waals surface area contributed by atoms with E-state index in [1.807, 2.05) is 0 Å². The average molecular weight is 202 g/mol. The van der Waals surface area contributed by atoms with E-state index < -0.39 is 8.56 Å². The van der Waals surface area contributed by atoms with Gasteiger partial charge in [-0.15, -0.1) is 0 Å². The van der Waals surface area contributed by atoms with Gasteiger partial charge in [-0.05, 0) is 32.7 Å². The van der Waals surface area contributed by atoms with Gasteiger partial charge in [0.2, 0.25) is 0 Å². The Balaban J connectivity index is 2.56. The predicted molar refractivity (Wildman–Crippen MR) is 57.1 cm³/mol. The summed E-state index contributed by atoms with van der Waals surface area (Å²) < 4.78 is 11.9. The highest BCUT2D eigenvalue weighted by molar-refractivity contribution is 6.69. The number of hydrogen-bond acceptors (Lipinski definition) is 2. The van der Waals surface area contributed by atoms with Crippen LogP contribution in [0.1, 0.15) is 40.0 Å². The van der Waals surface area contributed by atoms with Crippen molar-refractivity contribution in [2.45, 2.75) is 51.6 Å². The van der Waals surface area contributed by atoms with Gasteiger partial charge < -0.3 is 8.85 Å². The molecule has 0 unspecified atom stereocenters. The van der Waals surface area contributed by atoms with Crippen molar-refractivity contribution in [3.8, 4) is 0 Å². The van der Waals surface area contributed by atoms with Crippen LogP contribution < -0.4 is 0 Å². The fourth-order valence-electron chi connectivity index (χ4n) is 2.11. The van der Waals surface area contributed by atoms with Gasteiger partial charge in [-0.3, -0.25) is 0 Å². The summed E-state index contributed by atoms with van der Waals surface area (Å²) in [6.07, 6.45) is 4.04. The van der Waals surface area contributed by atoms with Crippen LogP contribution in [0, 0.1) is 0 Å². The molecule has 0 aromatic rings. The first-order chi connectivity index (χ1) is 6.29. The smallest absolute Gasteiger partial charge is 0.341 e. The largest absolute Gasteiger partial charge is 0.394 e. The van der Waals surface area contributed by atoms with E-state index in [0.717, 1.165) is 24.8 Å². The maximum atomic E-state index is 5.94. The summed E-state index contributed by atoms with van der Waals surface area (Å²) in [7, 11) is -1.79.